The highest BCUT2D eigenvalue weighted by molar-refractivity contribution is 6.05. The molecule has 4 rings (SSSR count). The van der Waals surface area contributed by atoms with E-state index in [4.69, 9.17) is 0 Å². The van der Waals surface area contributed by atoms with Crippen LogP contribution in [0.4, 0.5) is 17.2 Å². The summed E-state index contributed by atoms with van der Waals surface area (Å²) in [6.45, 7) is 2.44. The molecule has 2 amide bonds. The summed E-state index contributed by atoms with van der Waals surface area (Å²) in [7, 11) is 0. The van der Waals surface area contributed by atoms with Crippen molar-refractivity contribution in [2.24, 2.45) is 0 Å². The third-order valence-corrected chi connectivity index (χ3v) is 4.87. The number of hydrogen-bond acceptors (Lipinski definition) is 5. The highest BCUT2D eigenvalue weighted by atomic mass is 16.6. The molecule has 1 fully saturated rings. The SMILES string of the molecule is Cc1cc(NC(=O)c2cccc(N3CCCC3=O)c2)n(-c2ccc([N+](=O)[O-])cc2)n1. The molecule has 0 bridgehead atoms. The van der Waals surface area contributed by atoms with Crippen LogP contribution < -0.4 is 10.2 Å². The number of nitrogens with zero attached hydrogens (tertiary/aromatic N) is 4. The molecule has 0 saturated carbocycles. The Morgan fingerprint density at radius 3 is 2.57 bits per heavy atom. The maximum absolute atomic E-state index is 12.9. The zero-order valence-corrected chi connectivity index (χ0v) is 16.2. The first-order chi connectivity index (χ1) is 14.4. The second kappa shape index (κ2) is 7.78. The molecule has 9 heteroatoms. The van der Waals surface area contributed by atoms with Crippen molar-refractivity contribution in [1.29, 1.82) is 0 Å². The van der Waals surface area contributed by atoms with Gasteiger partial charge in [-0.25, -0.2) is 4.68 Å². The van der Waals surface area contributed by atoms with Gasteiger partial charge in [0, 0.05) is 42.4 Å². The van der Waals surface area contributed by atoms with E-state index in [9.17, 15) is 19.7 Å². The van der Waals surface area contributed by atoms with Gasteiger partial charge in [-0.1, -0.05) is 6.07 Å². The van der Waals surface area contributed by atoms with Gasteiger partial charge in [-0.05, 0) is 43.7 Å². The van der Waals surface area contributed by atoms with E-state index in [0.29, 0.717) is 41.4 Å². The number of nitro benzene ring substituents is 1. The van der Waals surface area contributed by atoms with Crippen LogP contribution in [0.3, 0.4) is 0 Å². The number of aromatic nitrogens is 2. The Morgan fingerprint density at radius 2 is 1.90 bits per heavy atom. The van der Waals surface area contributed by atoms with Crippen molar-refractivity contribution in [2.75, 3.05) is 16.8 Å². The van der Waals surface area contributed by atoms with Crippen LogP contribution in [0, 0.1) is 17.0 Å². The van der Waals surface area contributed by atoms with Crippen LogP contribution in [-0.4, -0.2) is 33.1 Å². The molecule has 0 atom stereocenters. The number of hydrogen-bond donors (Lipinski definition) is 1. The Morgan fingerprint density at radius 1 is 1.13 bits per heavy atom. The number of aryl methyl sites for hydroxylation is 1. The van der Waals surface area contributed by atoms with E-state index in [1.165, 1.54) is 16.8 Å². The molecule has 0 aliphatic carbocycles. The first-order valence-corrected chi connectivity index (χ1v) is 9.45. The Labute approximate surface area is 172 Å². The summed E-state index contributed by atoms with van der Waals surface area (Å²) >= 11 is 0. The maximum Gasteiger partial charge on any atom is 0.269 e. The lowest BCUT2D eigenvalue weighted by molar-refractivity contribution is -0.384. The molecule has 2 aromatic carbocycles. The van der Waals surface area contributed by atoms with Crippen molar-refractivity contribution in [3.05, 3.63) is 76.0 Å². The van der Waals surface area contributed by atoms with Gasteiger partial charge in [0.1, 0.15) is 5.82 Å². The van der Waals surface area contributed by atoms with Crippen molar-refractivity contribution in [1.82, 2.24) is 9.78 Å². The van der Waals surface area contributed by atoms with Crippen LogP contribution in [-0.2, 0) is 4.79 Å². The van der Waals surface area contributed by atoms with Gasteiger partial charge < -0.3 is 10.2 Å². The molecule has 0 radical (unpaired) electrons. The predicted octanol–water partition coefficient (Wildman–Crippen LogP) is 3.47. The van der Waals surface area contributed by atoms with Gasteiger partial charge >= 0.3 is 0 Å². The molecule has 152 valence electrons. The maximum atomic E-state index is 12.9. The lowest BCUT2D eigenvalue weighted by Crippen LogP contribution is -2.24. The third kappa shape index (κ3) is 3.77. The van der Waals surface area contributed by atoms with E-state index in [1.807, 2.05) is 6.07 Å². The first-order valence-electron chi connectivity index (χ1n) is 9.45. The monoisotopic (exact) mass is 405 g/mol. The van der Waals surface area contributed by atoms with Crippen molar-refractivity contribution < 1.29 is 14.5 Å². The molecule has 2 heterocycles. The summed E-state index contributed by atoms with van der Waals surface area (Å²) in [5.74, 6) is 0.153. The van der Waals surface area contributed by atoms with Crippen LogP contribution in [0.2, 0.25) is 0 Å². The fourth-order valence-electron chi connectivity index (χ4n) is 3.43. The molecule has 3 aromatic rings. The Kier molecular flexibility index (Phi) is 5.01. The van der Waals surface area contributed by atoms with E-state index in [-0.39, 0.29) is 17.5 Å². The van der Waals surface area contributed by atoms with Gasteiger partial charge in [-0.3, -0.25) is 19.7 Å². The van der Waals surface area contributed by atoms with E-state index in [2.05, 4.69) is 10.4 Å². The van der Waals surface area contributed by atoms with Gasteiger partial charge in [0.25, 0.3) is 11.6 Å². The molecule has 1 aliphatic heterocycles. The zero-order chi connectivity index (χ0) is 21.3. The summed E-state index contributed by atoms with van der Waals surface area (Å²) < 4.78 is 1.52. The third-order valence-electron chi connectivity index (χ3n) is 4.87. The predicted molar refractivity (Wildman–Crippen MR) is 111 cm³/mol. The lowest BCUT2D eigenvalue weighted by Gasteiger charge is -2.16. The van der Waals surface area contributed by atoms with Gasteiger partial charge in [0.2, 0.25) is 5.91 Å². The molecule has 0 unspecified atom stereocenters. The smallest absolute Gasteiger partial charge is 0.269 e. The second-order valence-electron chi connectivity index (χ2n) is 7.01. The van der Waals surface area contributed by atoms with E-state index < -0.39 is 4.92 Å². The van der Waals surface area contributed by atoms with Crippen molar-refractivity contribution in [3.63, 3.8) is 0 Å². The van der Waals surface area contributed by atoms with Crippen LogP contribution in [0.1, 0.15) is 28.9 Å². The quantitative estimate of drug-likeness (QED) is 0.516. The summed E-state index contributed by atoms with van der Waals surface area (Å²) in [6.07, 6.45) is 1.33. The minimum atomic E-state index is -0.473. The minimum Gasteiger partial charge on any atom is -0.312 e. The van der Waals surface area contributed by atoms with E-state index in [0.717, 1.165) is 6.42 Å². The van der Waals surface area contributed by atoms with Crippen LogP contribution in [0.5, 0.6) is 0 Å². The van der Waals surface area contributed by atoms with E-state index in [1.54, 1.807) is 48.2 Å². The molecule has 0 spiro atoms. The molecular weight excluding hydrogens is 386 g/mol. The van der Waals surface area contributed by atoms with Gasteiger partial charge in [0.05, 0.1) is 16.3 Å². The van der Waals surface area contributed by atoms with Crippen molar-refractivity contribution >= 4 is 29.0 Å². The molecular formula is C21H19N5O4. The fourth-order valence-corrected chi connectivity index (χ4v) is 3.43. The standard InChI is InChI=1S/C21H19N5O4/c1-14-12-19(25(23-14)16-7-9-17(10-8-16)26(29)30)22-21(28)15-4-2-5-18(13-15)24-11-3-6-20(24)27/h2,4-5,7-10,12-13H,3,6,11H2,1H3,(H,22,28). The number of carbonyl (C=O) groups excluding carboxylic acids is 2. The summed E-state index contributed by atoms with van der Waals surface area (Å²) in [5.41, 5.74) is 2.36. The molecule has 1 aromatic heterocycles. The number of rotatable bonds is 5. The zero-order valence-electron chi connectivity index (χ0n) is 16.2. The molecule has 1 aliphatic rings. The van der Waals surface area contributed by atoms with E-state index >= 15 is 0 Å². The van der Waals surface area contributed by atoms with Crippen LogP contribution >= 0.6 is 0 Å². The summed E-state index contributed by atoms with van der Waals surface area (Å²) in [6, 6.07) is 14.5. The average molecular weight is 405 g/mol. The normalized spacial score (nSPS) is 13.5. The number of anilines is 2. The van der Waals surface area contributed by atoms with Gasteiger partial charge in [0.15, 0.2) is 0 Å². The topological polar surface area (TPSA) is 110 Å². The molecule has 9 nitrogen and oxygen atoms in total. The number of non-ortho nitro benzene ring substituents is 1. The lowest BCUT2D eigenvalue weighted by atomic mass is 10.1. The van der Waals surface area contributed by atoms with Crippen LogP contribution in [0.25, 0.3) is 5.69 Å². The molecule has 30 heavy (non-hydrogen) atoms. The van der Waals surface area contributed by atoms with Gasteiger partial charge in [-0.2, -0.15) is 5.10 Å². The first kappa shape index (κ1) is 19.3. The number of benzene rings is 2. The number of nitrogens with one attached hydrogen (secondary N) is 1. The summed E-state index contributed by atoms with van der Waals surface area (Å²) in [5, 5.41) is 18.1. The second-order valence-corrected chi connectivity index (χ2v) is 7.01. The molecule has 1 N–H and O–H groups in total. The van der Waals surface area contributed by atoms with Crippen molar-refractivity contribution in [2.45, 2.75) is 19.8 Å². The minimum absolute atomic E-state index is 0.0264. The Bertz CT molecular complexity index is 1140. The van der Waals surface area contributed by atoms with Gasteiger partial charge in [-0.15, -0.1) is 0 Å². The Balaban J connectivity index is 1.58. The summed E-state index contributed by atoms with van der Waals surface area (Å²) in [4.78, 5) is 36.9. The van der Waals surface area contributed by atoms with Crippen LogP contribution in [0.15, 0.2) is 54.6 Å². The number of amides is 2. The molecule has 1 saturated heterocycles. The average Bonchev–Trinajstić information content (AvgIpc) is 3.33. The largest absolute Gasteiger partial charge is 0.312 e. The fraction of sp³-hybridized carbons (Fsp3) is 0.190. The van der Waals surface area contributed by atoms with Crippen molar-refractivity contribution in [3.8, 4) is 5.69 Å². The highest BCUT2D eigenvalue weighted by Crippen LogP contribution is 2.24. The Hall–Kier alpha value is -4.01. The number of nitro groups is 1. The number of carbonyl (C=O) groups is 2. The highest BCUT2D eigenvalue weighted by Gasteiger charge is 2.22.